The van der Waals surface area contributed by atoms with Gasteiger partial charge in [-0.3, -0.25) is 0 Å². The molecule has 3 N–H and O–H groups in total. The smallest absolute Gasteiger partial charge is 0.0316 e. The monoisotopic (exact) mass is 254 g/mol. The Labute approximate surface area is 115 Å². The molecule has 2 heteroatoms. The Hall–Kier alpha value is -1.80. The minimum absolute atomic E-state index is 0.856. The molecule has 0 saturated carbocycles. The van der Waals surface area contributed by atoms with Gasteiger partial charge in [0.1, 0.15) is 0 Å². The lowest BCUT2D eigenvalue weighted by Crippen LogP contribution is -2.18. The quantitative estimate of drug-likeness (QED) is 0.589. The van der Waals surface area contributed by atoms with Gasteiger partial charge in [-0.15, -0.1) is 0 Å². The molecule has 0 aromatic heterocycles. The molecule has 0 bridgehead atoms. The van der Waals surface area contributed by atoms with Gasteiger partial charge in [0.05, 0.1) is 0 Å². The van der Waals surface area contributed by atoms with Crippen LogP contribution >= 0.6 is 0 Å². The molecule has 0 aliphatic rings. The Morgan fingerprint density at radius 2 is 1.58 bits per heavy atom. The van der Waals surface area contributed by atoms with Crippen molar-refractivity contribution in [2.24, 2.45) is 0 Å². The van der Waals surface area contributed by atoms with Crippen LogP contribution in [0.4, 0.5) is 5.69 Å². The van der Waals surface area contributed by atoms with E-state index in [-0.39, 0.29) is 0 Å². The average Bonchev–Trinajstić information content (AvgIpc) is 2.44. The van der Waals surface area contributed by atoms with Crippen LogP contribution in [0.5, 0.6) is 0 Å². The van der Waals surface area contributed by atoms with Crippen LogP contribution in [0.15, 0.2) is 54.6 Å². The first kappa shape index (κ1) is 13.6. The number of rotatable bonds is 7. The van der Waals surface area contributed by atoms with Gasteiger partial charge in [-0.1, -0.05) is 42.5 Å². The van der Waals surface area contributed by atoms with E-state index in [0.29, 0.717) is 0 Å². The second-order valence-corrected chi connectivity index (χ2v) is 4.83. The van der Waals surface area contributed by atoms with Gasteiger partial charge in [0, 0.05) is 5.69 Å². The summed E-state index contributed by atoms with van der Waals surface area (Å²) in [4.78, 5) is 0. The maximum Gasteiger partial charge on any atom is 0.0316 e. The first-order chi connectivity index (χ1) is 9.34. The predicted octanol–water partition coefficient (Wildman–Crippen LogP) is 3.03. The molecule has 0 atom stereocenters. The van der Waals surface area contributed by atoms with Crippen LogP contribution in [0, 0.1) is 0 Å². The molecule has 0 spiro atoms. The summed E-state index contributed by atoms with van der Waals surface area (Å²) in [6.07, 6.45) is 3.33. The molecule has 0 fully saturated rings. The van der Waals surface area contributed by atoms with Gasteiger partial charge in [-0.05, 0) is 55.6 Å². The zero-order valence-electron chi connectivity index (χ0n) is 11.3. The number of nitrogens with two attached hydrogens (primary N) is 1. The van der Waals surface area contributed by atoms with Crippen LogP contribution in [-0.2, 0) is 12.8 Å². The Kier molecular flexibility index (Phi) is 5.45. The van der Waals surface area contributed by atoms with Gasteiger partial charge in [-0.25, -0.2) is 0 Å². The molecule has 0 saturated heterocycles. The van der Waals surface area contributed by atoms with Crippen molar-refractivity contribution < 1.29 is 0 Å². The van der Waals surface area contributed by atoms with Crippen LogP contribution in [0.3, 0.4) is 0 Å². The SMILES string of the molecule is Nc1cccc(CCCNCCc2ccccc2)c1. The highest BCUT2D eigenvalue weighted by molar-refractivity contribution is 5.40. The molecule has 0 amide bonds. The van der Waals surface area contributed by atoms with Crippen LogP contribution in [0.1, 0.15) is 17.5 Å². The van der Waals surface area contributed by atoms with Crippen LogP contribution < -0.4 is 11.1 Å². The van der Waals surface area contributed by atoms with E-state index in [1.165, 1.54) is 11.1 Å². The van der Waals surface area contributed by atoms with Crippen molar-refractivity contribution >= 4 is 5.69 Å². The summed E-state index contributed by atoms with van der Waals surface area (Å²) in [7, 11) is 0. The van der Waals surface area contributed by atoms with E-state index < -0.39 is 0 Å². The van der Waals surface area contributed by atoms with Crippen LogP contribution in [-0.4, -0.2) is 13.1 Å². The summed E-state index contributed by atoms with van der Waals surface area (Å²) < 4.78 is 0. The molecule has 19 heavy (non-hydrogen) atoms. The summed E-state index contributed by atoms with van der Waals surface area (Å²) in [6, 6.07) is 18.7. The molecule has 100 valence electrons. The average molecular weight is 254 g/mol. The summed E-state index contributed by atoms with van der Waals surface area (Å²) in [6.45, 7) is 2.10. The maximum atomic E-state index is 5.76. The lowest BCUT2D eigenvalue weighted by Gasteiger charge is -2.05. The Morgan fingerprint density at radius 3 is 2.37 bits per heavy atom. The van der Waals surface area contributed by atoms with Crippen molar-refractivity contribution in [1.29, 1.82) is 0 Å². The number of hydrogen-bond donors (Lipinski definition) is 2. The van der Waals surface area contributed by atoms with Crippen molar-refractivity contribution in [3.8, 4) is 0 Å². The molecule has 2 rings (SSSR count). The molecule has 2 nitrogen and oxygen atoms in total. The molecule has 0 heterocycles. The van der Waals surface area contributed by atoms with Gasteiger partial charge in [0.2, 0.25) is 0 Å². The van der Waals surface area contributed by atoms with E-state index in [1.807, 2.05) is 12.1 Å². The molecule has 0 radical (unpaired) electrons. The predicted molar refractivity (Wildman–Crippen MR) is 82.2 cm³/mol. The summed E-state index contributed by atoms with van der Waals surface area (Å²) in [5, 5.41) is 3.49. The standard InChI is InChI=1S/C17H22N2/c18-17-10-4-8-16(14-17)9-5-12-19-13-11-15-6-2-1-3-7-15/h1-4,6-8,10,14,19H,5,9,11-13,18H2. The summed E-state index contributed by atoms with van der Waals surface area (Å²) in [5.41, 5.74) is 9.33. The first-order valence-electron chi connectivity index (χ1n) is 6.93. The third-order valence-electron chi connectivity index (χ3n) is 3.20. The van der Waals surface area contributed by atoms with E-state index in [2.05, 4.69) is 47.8 Å². The lowest BCUT2D eigenvalue weighted by atomic mass is 10.1. The normalized spacial score (nSPS) is 10.5. The fourth-order valence-electron chi connectivity index (χ4n) is 2.17. The molecule has 0 unspecified atom stereocenters. The second kappa shape index (κ2) is 7.59. The topological polar surface area (TPSA) is 38.0 Å². The fraction of sp³-hybridized carbons (Fsp3) is 0.294. The van der Waals surface area contributed by atoms with E-state index >= 15 is 0 Å². The van der Waals surface area contributed by atoms with Crippen molar-refractivity contribution in [1.82, 2.24) is 5.32 Å². The Bertz CT molecular complexity index is 480. The molecular weight excluding hydrogens is 232 g/mol. The Balaban J connectivity index is 1.58. The van der Waals surface area contributed by atoms with Crippen molar-refractivity contribution in [3.63, 3.8) is 0 Å². The van der Waals surface area contributed by atoms with Crippen LogP contribution in [0.25, 0.3) is 0 Å². The number of nitrogen functional groups attached to an aromatic ring is 1. The van der Waals surface area contributed by atoms with Gasteiger partial charge < -0.3 is 11.1 Å². The number of nitrogens with one attached hydrogen (secondary N) is 1. The van der Waals surface area contributed by atoms with E-state index in [0.717, 1.165) is 38.0 Å². The van der Waals surface area contributed by atoms with Crippen molar-refractivity contribution in [3.05, 3.63) is 65.7 Å². The van der Waals surface area contributed by atoms with Gasteiger partial charge in [-0.2, -0.15) is 0 Å². The highest BCUT2D eigenvalue weighted by Gasteiger charge is 1.95. The highest BCUT2D eigenvalue weighted by atomic mass is 14.8. The van der Waals surface area contributed by atoms with Crippen molar-refractivity contribution in [2.75, 3.05) is 18.8 Å². The minimum atomic E-state index is 0.856. The van der Waals surface area contributed by atoms with E-state index in [1.54, 1.807) is 0 Å². The lowest BCUT2D eigenvalue weighted by molar-refractivity contribution is 0.647. The number of aryl methyl sites for hydroxylation is 1. The van der Waals surface area contributed by atoms with E-state index in [9.17, 15) is 0 Å². The molecule has 2 aromatic rings. The fourth-order valence-corrected chi connectivity index (χ4v) is 2.17. The molecule has 0 aliphatic carbocycles. The third kappa shape index (κ3) is 5.14. The largest absolute Gasteiger partial charge is 0.399 e. The number of benzene rings is 2. The number of anilines is 1. The van der Waals surface area contributed by atoms with Gasteiger partial charge in [0.15, 0.2) is 0 Å². The summed E-state index contributed by atoms with van der Waals surface area (Å²) >= 11 is 0. The van der Waals surface area contributed by atoms with Crippen LogP contribution in [0.2, 0.25) is 0 Å². The summed E-state index contributed by atoms with van der Waals surface area (Å²) in [5.74, 6) is 0. The van der Waals surface area contributed by atoms with E-state index in [4.69, 9.17) is 5.73 Å². The maximum absolute atomic E-state index is 5.76. The van der Waals surface area contributed by atoms with Gasteiger partial charge in [0.25, 0.3) is 0 Å². The highest BCUT2D eigenvalue weighted by Crippen LogP contribution is 2.08. The second-order valence-electron chi connectivity index (χ2n) is 4.83. The van der Waals surface area contributed by atoms with Gasteiger partial charge >= 0.3 is 0 Å². The Morgan fingerprint density at radius 1 is 0.789 bits per heavy atom. The molecular formula is C17H22N2. The first-order valence-corrected chi connectivity index (χ1v) is 6.93. The minimum Gasteiger partial charge on any atom is -0.399 e. The molecule has 0 aliphatic heterocycles. The zero-order valence-corrected chi connectivity index (χ0v) is 11.3. The number of hydrogen-bond acceptors (Lipinski definition) is 2. The third-order valence-corrected chi connectivity index (χ3v) is 3.20. The zero-order chi connectivity index (χ0) is 13.3. The molecule has 2 aromatic carbocycles. The van der Waals surface area contributed by atoms with Crippen molar-refractivity contribution in [2.45, 2.75) is 19.3 Å².